The lowest BCUT2D eigenvalue weighted by molar-refractivity contribution is 0.0487. The van der Waals surface area contributed by atoms with Crippen LogP contribution in [-0.2, 0) is 0 Å². The fourth-order valence-corrected chi connectivity index (χ4v) is 4.43. The summed E-state index contributed by atoms with van der Waals surface area (Å²) in [5, 5.41) is 3.93. The summed E-state index contributed by atoms with van der Waals surface area (Å²) in [5.41, 5.74) is 0.491. The third kappa shape index (κ3) is 3.00. The Kier molecular flexibility index (Phi) is 4.19. The maximum Gasteiger partial charge on any atom is 0.0309 e. The molecule has 2 aliphatic carbocycles. The first-order valence-electron chi connectivity index (χ1n) is 8.68. The van der Waals surface area contributed by atoms with E-state index in [-0.39, 0.29) is 0 Å². The lowest BCUT2D eigenvalue weighted by atomic mass is 9.82. The van der Waals surface area contributed by atoms with E-state index in [0.717, 1.165) is 17.9 Å². The molecular weight excluding hydrogens is 232 g/mol. The molecule has 1 N–H and O–H groups in total. The molecule has 0 radical (unpaired) electrons. The van der Waals surface area contributed by atoms with E-state index in [1.807, 2.05) is 0 Å². The summed E-state index contributed by atoms with van der Waals surface area (Å²) in [6, 6.07) is 0.770. The van der Waals surface area contributed by atoms with Gasteiger partial charge in [-0.15, -0.1) is 0 Å². The first-order chi connectivity index (χ1) is 9.19. The van der Waals surface area contributed by atoms with Crippen molar-refractivity contribution in [2.75, 3.05) is 19.6 Å². The Balaban J connectivity index is 1.60. The number of hydrogen-bond donors (Lipinski definition) is 1. The zero-order valence-electron chi connectivity index (χ0n) is 13.0. The van der Waals surface area contributed by atoms with Crippen molar-refractivity contribution < 1.29 is 0 Å². The zero-order chi connectivity index (χ0) is 13.3. The van der Waals surface area contributed by atoms with E-state index in [0.29, 0.717) is 5.54 Å². The van der Waals surface area contributed by atoms with Crippen LogP contribution in [0, 0.1) is 11.8 Å². The molecular formula is C17H32N2. The number of nitrogens with zero attached hydrogens (tertiary/aromatic N) is 1. The van der Waals surface area contributed by atoms with Crippen molar-refractivity contribution in [1.29, 1.82) is 0 Å². The van der Waals surface area contributed by atoms with Crippen LogP contribution in [-0.4, -0.2) is 36.1 Å². The Morgan fingerprint density at radius 3 is 2.47 bits per heavy atom. The van der Waals surface area contributed by atoms with Crippen LogP contribution in [0.25, 0.3) is 0 Å². The van der Waals surface area contributed by atoms with E-state index >= 15 is 0 Å². The van der Waals surface area contributed by atoms with Crippen LogP contribution < -0.4 is 5.32 Å². The fourth-order valence-electron chi connectivity index (χ4n) is 4.43. The van der Waals surface area contributed by atoms with Crippen LogP contribution in [0.2, 0.25) is 0 Å². The number of nitrogens with one attached hydrogen (secondary N) is 1. The van der Waals surface area contributed by atoms with Gasteiger partial charge in [-0.1, -0.05) is 46.0 Å². The molecule has 1 heterocycles. The molecule has 1 atom stereocenters. The molecule has 110 valence electrons. The first kappa shape index (κ1) is 13.9. The van der Waals surface area contributed by atoms with E-state index in [1.54, 1.807) is 0 Å². The topological polar surface area (TPSA) is 15.3 Å². The van der Waals surface area contributed by atoms with Crippen molar-refractivity contribution in [3.8, 4) is 0 Å². The van der Waals surface area contributed by atoms with Gasteiger partial charge in [-0.05, 0) is 37.6 Å². The maximum atomic E-state index is 3.93. The van der Waals surface area contributed by atoms with Crippen molar-refractivity contribution in [3.05, 3.63) is 0 Å². The van der Waals surface area contributed by atoms with Crippen LogP contribution in [0.3, 0.4) is 0 Å². The van der Waals surface area contributed by atoms with Crippen molar-refractivity contribution >= 4 is 0 Å². The van der Waals surface area contributed by atoms with E-state index in [4.69, 9.17) is 0 Å². The predicted octanol–water partition coefficient (Wildman–Crippen LogP) is 3.42. The third-order valence-corrected chi connectivity index (χ3v) is 6.04. The molecule has 19 heavy (non-hydrogen) atoms. The summed E-state index contributed by atoms with van der Waals surface area (Å²) in [6.45, 7) is 8.70. The molecule has 3 aliphatic rings. The number of piperazine rings is 1. The van der Waals surface area contributed by atoms with Gasteiger partial charge in [0.2, 0.25) is 0 Å². The van der Waals surface area contributed by atoms with Gasteiger partial charge in [0, 0.05) is 24.7 Å². The molecule has 2 heteroatoms. The highest BCUT2D eigenvalue weighted by molar-refractivity contribution is 5.01. The van der Waals surface area contributed by atoms with Crippen LogP contribution in [0.5, 0.6) is 0 Å². The van der Waals surface area contributed by atoms with Crippen molar-refractivity contribution in [2.45, 2.75) is 76.8 Å². The largest absolute Gasteiger partial charge is 0.308 e. The smallest absolute Gasteiger partial charge is 0.0309 e. The van der Waals surface area contributed by atoms with Crippen molar-refractivity contribution in [3.63, 3.8) is 0 Å². The Bertz CT molecular complexity index is 290. The van der Waals surface area contributed by atoms with Crippen LogP contribution >= 0.6 is 0 Å². The average molecular weight is 264 g/mol. The molecule has 1 unspecified atom stereocenters. The van der Waals surface area contributed by atoms with Crippen LogP contribution in [0.15, 0.2) is 0 Å². The van der Waals surface area contributed by atoms with Gasteiger partial charge in [-0.2, -0.15) is 0 Å². The Morgan fingerprint density at radius 2 is 1.89 bits per heavy atom. The molecule has 2 saturated carbocycles. The Morgan fingerprint density at radius 1 is 1.16 bits per heavy atom. The summed E-state index contributed by atoms with van der Waals surface area (Å²) in [5.74, 6) is 1.84. The van der Waals surface area contributed by atoms with Crippen LogP contribution in [0.4, 0.5) is 0 Å². The molecule has 3 rings (SSSR count). The van der Waals surface area contributed by atoms with Gasteiger partial charge in [-0.25, -0.2) is 0 Å². The molecule has 0 aromatic rings. The second-order valence-electron chi connectivity index (χ2n) is 7.74. The standard InChI is InChI=1S/C17H32N2/c1-14(2)16-12-18-17(9-3-4-10-17)13-19(16)11-8-15-6-5-7-15/h14-16,18H,3-13H2,1-2H3. The minimum Gasteiger partial charge on any atom is -0.308 e. The second-order valence-corrected chi connectivity index (χ2v) is 7.74. The molecule has 1 aliphatic heterocycles. The van der Waals surface area contributed by atoms with Crippen LogP contribution in [0.1, 0.15) is 65.2 Å². The van der Waals surface area contributed by atoms with E-state index < -0.39 is 0 Å². The monoisotopic (exact) mass is 264 g/mol. The third-order valence-electron chi connectivity index (χ3n) is 6.04. The summed E-state index contributed by atoms with van der Waals surface area (Å²) in [6.07, 6.45) is 11.7. The van der Waals surface area contributed by atoms with Crippen molar-refractivity contribution in [1.82, 2.24) is 10.2 Å². The average Bonchev–Trinajstić information content (AvgIpc) is 2.75. The van der Waals surface area contributed by atoms with E-state index in [1.165, 1.54) is 71.0 Å². The lowest BCUT2D eigenvalue weighted by Gasteiger charge is -2.48. The van der Waals surface area contributed by atoms with E-state index in [2.05, 4.69) is 24.1 Å². The molecule has 0 aromatic heterocycles. The number of hydrogen-bond acceptors (Lipinski definition) is 2. The summed E-state index contributed by atoms with van der Waals surface area (Å²) in [4.78, 5) is 2.85. The maximum absolute atomic E-state index is 3.93. The van der Waals surface area contributed by atoms with Gasteiger partial charge in [0.05, 0.1) is 0 Å². The summed E-state index contributed by atoms with van der Waals surface area (Å²) >= 11 is 0. The molecule has 2 nitrogen and oxygen atoms in total. The molecule has 3 fully saturated rings. The first-order valence-corrected chi connectivity index (χ1v) is 8.68. The SMILES string of the molecule is CC(C)C1CNC2(CCCC2)CN1CCC1CCC1. The molecule has 0 bridgehead atoms. The van der Waals surface area contributed by atoms with E-state index in [9.17, 15) is 0 Å². The Hall–Kier alpha value is -0.0800. The lowest BCUT2D eigenvalue weighted by Crippen LogP contribution is -2.64. The fraction of sp³-hybridized carbons (Fsp3) is 1.00. The van der Waals surface area contributed by atoms with Crippen molar-refractivity contribution in [2.24, 2.45) is 11.8 Å². The number of rotatable bonds is 4. The minimum atomic E-state index is 0.491. The normalized spacial score (nSPS) is 32.1. The van der Waals surface area contributed by atoms with Gasteiger partial charge < -0.3 is 5.32 Å². The highest BCUT2D eigenvalue weighted by Gasteiger charge is 2.41. The summed E-state index contributed by atoms with van der Waals surface area (Å²) < 4.78 is 0. The van der Waals surface area contributed by atoms with Gasteiger partial charge >= 0.3 is 0 Å². The highest BCUT2D eigenvalue weighted by Crippen LogP contribution is 2.35. The van der Waals surface area contributed by atoms with Gasteiger partial charge in [0.1, 0.15) is 0 Å². The van der Waals surface area contributed by atoms with Gasteiger partial charge in [0.15, 0.2) is 0 Å². The molecule has 0 amide bonds. The quantitative estimate of drug-likeness (QED) is 0.837. The zero-order valence-corrected chi connectivity index (χ0v) is 13.0. The van der Waals surface area contributed by atoms with Gasteiger partial charge in [-0.3, -0.25) is 4.90 Å². The second kappa shape index (κ2) is 5.73. The minimum absolute atomic E-state index is 0.491. The Labute approximate surface area is 119 Å². The molecule has 1 saturated heterocycles. The predicted molar refractivity (Wildman–Crippen MR) is 81.4 cm³/mol. The van der Waals surface area contributed by atoms with Gasteiger partial charge in [0.25, 0.3) is 0 Å². The molecule has 0 aromatic carbocycles. The molecule has 1 spiro atoms. The summed E-state index contributed by atoms with van der Waals surface area (Å²) in [7, 11) is 0. The highest BCUT2D eigenvalue weighted by atomic mass is 15.3.